The van der Waals surface area contributed by atoms with Gasteiger partial charge < -0.3 is 0 Å². The predicted molar refractivity (Wildman–Crippen MR) is 56.6 cm³/mol. The van der Waals surface area contributed by atoms with Crippen LogP contribution in [0.4, 0.5) is 0 Å². The van der Waals surface area contributed by atoms with Crippen molar-refractivity contribution in [2.24, 2.45) is 0 Å². The van der Waals surface area contributed by atoms with Crippen LogP contribution < -0.4 is 0 Å². The molecule has 0 saturated heterocycles. The van der Waals surface area contributed by atoms with Gasteiger partial charge in [-0.15, -0.1) is 12.4 Å². The maximum absolute atomic E-state index is 10.9. The molecule has 1 heterocycles. The lowest BCUT2D eigenvalue weighted by atomic mass is 10.3. The number of benzene rings is 1. The Bertz CT molecular complexity index is 580. The van der Waals surface area contributed by atoms with E-state index in [1.54, 1.807) is 6.07 Å². The van der Waals surface area contributed by atoms with Crippen LogP contribution in [0, 0.1) is 0 Å². The third-order valence-corrected chi connectivity index (χ3v) is 2.62. The minimum atomic E-state index is -4.23. The molecule has 0 fully saturated rings. The lowest BCUT2D eigenvalue weighted by Gasteiger charge is -2.00. The number of hydrogen-bond acceptors (Lipinski definition) is 4. The molecule has 1 N–H and O–H groups in total. The van der Waals surface area contributed by atoms with Crippen LogP contribution >= 0.6 is 12.4 Å². The predicted octanol–water partition coefficient (Wildman–Crippen LogP) is 1.30. The molecule has 0 saturated carbocycles. The van der Waals surface area contributed by atoms with Crippen molar-refractivity contribution in [1.82, 2.24) is 9.97 Å². The lowest BCUT2D eigenvalue weighted by molar-refractivity contribution is 0.484. The number of halogens is 1. The van der Waals surface area contributed by atoms with Gasteiger partial charge in [0.15, 0.2) is 0 Å². The Morgan fingerprint density at radius 3 is 2.47 bits per heavy atom. The van der Waals surface area contributed by atoms with E-state index >= 15 is 0 Å². The van der Waals surface area contributed by atoms with Gasteiger partial charge in [-0.25, -0.2) is 0 Å². The van der Waals surface area contributed by atoms with Crippen LogP contribution in [-0.2, 0) is 10.1 Å². The Hall–Kier alpha value is -1.24. The fourth-order valence-corrected chi connectivity index (χ4v) is 1.83. The lowest BCUT2D eigenvalue weighted by Crippen LogP contribution is -2.00. The second-order valence-corrected chi connectivity index (χ2v) is 4.05. The molecular weight excluding hydrogens is 240 g/mol. The molecule has 2 aromatic rings. The molecule has 0 unspecified atom stereocenters. The van der Waals surface area contributed by atoms with E-state index in [1.807, 2.05) is 0 Å². The Balaban J connectivity index is 0.00000112. The van der Waals surface area contributed by atoms with Crippen LogP contribution in [0.3, 0.4) is 0 Å². The maximum atomic E-state index is 10.9. The van der Waals surface area contributed by atoms with Crippen LogP contribution in [0.2, 0.25) is 0 Å². The van der Waals surface area contributed by atoms with Gasteiger partial charge in [0.2, 0.25) is 0 Å². The van der Waals surface area contributed by atoms with Gasteiger partial charge in [0, 0.05) is 12.4 Å². The first kappa shape index (κ1) is 11.8. The summed E-state index contributed by atoms with van der Waals surface area (Å²) in [5.41, 5.74) is 0.611. The first-order chi connectivity index (χ1) is 6.59. The van der Waals surface area contributed by atoms with Gasteiger partial charge in [-0.1, -0.05) is 6.07 Å². The largest absolute Gasteiger partial charge is 0.296 e. The van der Waals surface area contributed by atoms with E-state index in [0.29, 0.717) is 5.52 Å². The van der Waals surface area contributed by atoms with Crippen LogP contribution in [0.15, 0.2) is 35.5 Å². The topological polar surface area (TPSA) is 80.2 Å². The second kappa shape index (κ2) is 4.09. The van der Waals surface area contributed by atoms with E-state index in [0.717, 1.165) is 0 Å². The van der Waals surface area contributed by atoms with Gasteiger partial charge in [-0.3, -0.25) is 14.5 Å². The van der Waals surface area contributed by atoms with E-state index in [2.05, 4.69) is 9.97 Å². The summed E-state index contributed by atoms with van der Waals surface area (Å²) in [6, 6.07) is 4.41. The highest BCUT2D eigenvalue weighted by Gasteiger charge is 2.14. The Morgan fingerprint density at radius 2 is 1.80 bits per heavy atom. The molecule has 0 aliphatic heterocycles. The van der Waals surface area contributed by atoms with Gasteiger partial charge in [0.05, 0.1) is 5.52 Å². The van der Waals surface area contributed by atoms with Crippen LogP contribution in [-0.4, -0.2) is 22.9 Å². The number of aromatic nitrogens is 2. The first-order valence-corrected chi connectivity index (χ1v) is 5.20. The molecule has 2 rings (SSSR count). The summed E-state index contributed by atoms with van der Waals surface area (Å²) in [5, 5.41) is 0. The summed E-state index contributed by atoms with van der Waals surface area (Å²) in [7, 11) is -4.23. The number of fused-ring (bicyclic) bond motifs is 1. The highest BCUT2D eigenvalue weighted by molar-refractivity contribution is 7.86. The van der Waals surface area contributed by atoms with Crippen molar-refractivity contribution in [1.29, 1.82) is 0 Å². The smallest absolute Gasteiger partial charge is 0.282 e. The van der Waals surface area contributed by atoms with E-state index in [4.69, 9.17) is 4.55 Å². The first-order valence-electron chi connectivity index (χ1n) is 3.76. The molecule has 0 atom stereocenters. The van der Waals surface area contributed by atoms with Crippen molar-refractivity contribution in [3.8, 4) is 0 Å². The zero-order chi connectivity index (χ0) is 10.2. The number of para-hydroxylation sites is 1. The van der Waals surface area contributed by atoms with Gasteiger partial charge in [-0.2, -0.15) is 8.42 Å². The fraction of sp³-hybridized carbons (Fsp3) is 0. The SMILES string of the molecule is Cl.O=S(=O)(O)c1cccc2nccnc12. The molecule has 0 amide bonds. The van der Waals surface area contributed by atoms with Crippen molar-refractivity contribution >= 4 is 33.6 Å². The average Bonchev–Trinajstić information content (AvgIpc) is 2.15. The van der Waals surface area contributed by atoms with Crippen LogP contribution in [0.5, 0.6) is 0 Å². The highest BCUT2D eigenvalue weighted by atomic mass is 35.5. The average molecular weight is 247 g/mol. The van der Waals surface area contributed by atoms with Gasteiger partial charge >= 0.3 is 0 Å². The molecule has 0 bridgehead atoms. The van der Waals surface area contributed by atoms with Gasteiger partial charge in [0.25, 0.3) is 10.1 Å². The third-order valence-electron chi connectivity index (χ3n) is 1.74. The van der Waals surface area contributed by atoms with Crippen molar-refractivity contribution in [3.05, 3.63) is 30.6 Å². The zero-order valence-electron chi connectivity index (χ0n) is 7.36. The monoisotopic (exact) mass is 246 g/mol. The summed E-state index contributed by atoms with van der Waals surface area (Å²) < 4.78 is 30.8. The molecule has 5 nitrogen and oxygen atoms in total. The van der Waals surface area contributed by atoms with E-state index in [9.17, 15) is 8.42 Å². The Morgan fingerprint density at radius 1 is 1.13 bits per heavy atom. The van der Waals surface area contributed by atoms with Gasteiger partial charge in [0.1, 0.15) is 10.4 Å². The molecule has 7 heteroatoms. The Labute approximate surface area is 92.3 Å². The van der Waals surface area contributed by atoms with Crippen LogP contribution in [0.25, 0.3) is 11.0 Å². The fourth-order valence-electron chi connectivity index (χ4n) is 1.17. The van der Waals surface area contributed by atoms with Crippen molar-refractivity contribution in [3.63, 3.8) is 0 Å². The number of rotatable bonds is 1. The van der Waals surface area contributed by atoms with Crippen molar-refractivity contribution in [2.75, 3.05) is 0 Å². The quantitative estimate of drug-likeness (QED) is 0.767. The molecule has 1 aromatic carbocycles. The van der Waals surface area contributed by atoms with Crippen molar-refractivity contribution < 1.29 is 13.0 Å². The number of hydrogen-bond donors (Lipinski definition) is 1. The van der Waals surface area contributed by atoms with Crippen molar-refractivity contribution in [2.45, 2.75) is 4.90 Å². The molecule has 15 heavy (non-hydrogen) atoms. The van der Waals surface area contributed by atoms with Gasteiger partial charge in [-0.05, 0) is 12.1 Å². The third kappa shape index (κ3) is 2.23. The molecular formula is C8H7ClN2O3S. The Kier molecular flexibility index (Phi) is 3.23. The maximum Gasteiger partial charge on any atom is 0.296 e. The molecule has 0 aliphatic rings. The minimum Gasteiger partial charge on any atom is -0.282 e. The van der Waals surface area contributed by atoms with Crippen LogP contribution in [0.1, 0.15) is 0 Å². The molecule has 0 radical (unpaired) electrons. The van der Waals surface area contributed by atoms with E-state index in [1.165, 1.54) is 24.5 Å². The minimum absolute atomic E-state index is 0. The zero-order valence-corrected chi connectivity index (χ0v) is 8.99. The standard InChI is InChI=1S/C8H6N2O3S.ClH/c11-14(12,13)7-3-1-2-6-8(7)10-5-4-9-6;/h1-5H,(H,11,12,13);1H. The molecule has 0 spiro atoms. The molecule has 80 valence electrons. The summed E-state index contributed by atoms with van der Waals surface area (Å²) in [6.45, 7) is 0. The highest BCUT2D eigenvalue weighted by Crippen LogP contribution is 2.18. The van der Waals surface area contributed by atoms with E-state index in [-0.39, 0.29) is 22.8 Å². The molecule has 1 aromatic heterocycles. The number of nitrogens with zero attached hydrogens (tertiary/aromatic N) is 2. The summed E-state index contributed by atoms with van der Waals surface area (Å²) >= 11 is 0. The molecule has 0 aliphatic carbocycles. The summed E-state index contributed by atoms with van der Waals surface area (Å²) in [6.07, 6.45) is 2.83. The van der Waals surface area contributed by atoms with E-state index < -0.39 is 10.1 Å². The second-order valence-electron chi connectivity index (χ2n) is 2.66. The summed E-state index contributed by atoms with van der Waals surface area (Å²) in [4.78, 5) is 7.54. The summed E-state index contributed by atoms with van der Waals surface area (Å²) in [5.74, 6) is 0. The normalized spacial score (nSPS) is 11.0.